The van der Waals surface area contributed by atoms with Crippen molar-refractivity contribution in [1.82, 2.24) is 19.7 Å². The lowest BCUT2D eigenvalue weighted by Gasteiger charge is -2.03. The van der Waals surface area contributed by atoms with Gasteiger partial charge in [-0.25, -0.2) is 9.37 Å². The topological polar surface area (TPSA) is 89.9 Å². The number of benzene rings is 1. The zero-order chi connectivity index (χ0) is 18.5. The van der Waals surface area contributed by atoms with Crippen molar-refractivity contribution in [2.45, 2.75) is 19.6 Å². The number of carbonyl (C=O) groups is 2. The molecule has 0 saturated carbocycles. The second-order valence-electron chi connectivity index (χ2n) is 5.79. The van der Waals surface area contributed by atoms with Crippen LogP contribution < -0.4 is 0 Å². The highest BCUT2D eigenvalue weighted by Gasteiger charge is 2.20. The van der Waals surface area contributed by atoms with Crippen molar-refractivity contribution in [3.63, 3.8) is 0 Å². The van der Waals surface area contributed by atoms with Crippen molar-refractivity contribution in [3.05, 3.63) is 71.3 Å². The molecule has 2 aromatic heterocycles. The lowest BCUT2D eigenvalue weighted by molar-refractivity contribution is 0.0888. The summed E-state index contributed by atoms with van der Waals surface area (Å²) in [6.45, 7) is 0.278. The number of hydrogen-bond acceptors (Lipinski definition) is 5. The number of aromatic amines is 1. The Morgan fingerprint density at radius 3 is 2.62 bits per heavy atom. The average molecular weight is 356 g/mol. The lowest BCUT2D eigenvalue weighted by Crippen LogP contribution is -2.11. The number of H-pyrrole nitrogens is 1. The minimum Gasteiger partial charge on any atom is -0.364 e. The number of hydrogen-bond donors (Lipinski definition) is 1. The molecule has 0 radical (unpaired) electrons. The molecule has 0 amide bonds. The van der Waals surface area contributed by atoms with E-state index in [0.29, 0.717) is 12.0 Å². The normalized spacial score (nSPS) is 10.8. The molecule has 0 saturated heterocycles. The van der Waals surface area contributed by atoms with Crippen molar-refractivity contribution in [3.8, 4) is 0 Å². The van der Waals surface area contributed by atoms with E-state index in [1.165, 1.54) is 18.5 Å². The standard InChI is InChI=1S/C18H17FN4O3/c1-26-11-23-8-13(6-12-2-4-14(19)5-3-12)15(9-23)16(24)7-17(25)18-20-10-21-22-18/h2-5,8-10H,6-7,11H2,1H3,(H,20,21,22). The molecule has 0 unspecified atom stereocenters. The number of rotatable bonds is 8. The minimum atomic E-state index is -0.431. The van der Waals surface area contributed by atoms with Crippen molar-refractivity contribution in [1.29, 1.82) is 0 Å². The summed E-state index contributed by atoms with van der Waals surface area (Å²) < 4.78 is 19.9. The summed E-state index contributed by atoms with van der Waals surface area (Å²) in [5, 5.41) is 6.07. The highest BCUT2D eigenvalue weighted by atomic mass is 19.1. The third-order valence-electron chi connectivity index (χ3n) is 3.85. The van der Waals surface area contributed by atoms with Gasteiger partial charge in [0.25, 0.3) is 0 Å². The summed E-state index contributed by atoms with van der Waals surface area (Å²) in [6, 6.07) is 6.07. The van der Waals surface area contributed by atoms with Gasteiger partial charge in [-0.2, -0.15) is 5.10 Å². The first kappa shape index (κ1) is 17.7. The Morgan fingerprint density at radius 1 is 1.19 bits per heavy atom. The number of nitrogens with one attached hydrogen (secondary N) is 1. The molecule has 2 heterocycles. The zero-order valence-corrected chi connectivity index (χ0v) is 14.1. The SMILES string of the molecule is COCn1cc(Cc2ccc(F)cc2)c(C(=O)CC(=O)c2ncn[nH]2)c1. The Bertz CT molecular complexity index is 901. The van der Waals surface area contributed by atoms with Gasteiger partial charge in [-0.3, -0.25) is 14.7 Å². The molecule has 8 heteroatoms. The van der Waals surface area contributed by atoms with Crippen LogP contribution in [0.25, 0.3) is 0 Å². The molecule has 134 valence electrons. The van der Waals surface area contributed by atoms with E-state index in [9.17, 15) is 14.0 Å². The largest absolute Gasteiger partial charge is 0.364 e. The fraction of sp³-hybridized carbons (Fsp3) is 0.222. The molecule has 0 fully saturated rings. The smallest absolute Gasteiger partial charge is 0.207 e. The molecule has 0 atom stereocenters. The van der Waals surface area contributed by atoms with E-state index in [2.05, 4.69) is 15.2 Å². The van der Waals surface area contributed by atoms with E-state index in [1.807, 2.05) is 0 Å². The molecule has 26 heavy (non-hydrogen) atoms. The first-order valence-corrected chi connectivity index (χ1v) is 7.90. The number of halogens is 1. The second kappa shape index (κ2) is 7.83. The van der Waals surface area contributed by atoms with E-state index in [4.69, 9.17) is 4.74 Å². The Kier molecular flexibility index (Phi) is 5.33. The molecular formula is C18H17FN4O3. The van der Waals surface area contributed by atoms with Crippen LogP contribution in [-0.4, -0.2) is 38.4 Å². The quantitative estimate of drug-likeness (QED) is 0.494. The van der Waals surface area contributed by atoms with Gasteiger partial charge in [0.05, 0.1) is 6.42 Å². The van der Waals surface area contributed by atoms with E-state index >= 15 is 0 Å². The number of methoxy groups -OCH3 is 1. The summed E-state index contributed by atoms with van der Waals surface area (Å²) in [6.07, 6.45) is 4.78. The number of nitrogens with zero attached hydrogens (tertiary/aromatic N) is 3. The van der Waals surface area contributed by atoms with E-state index in [0.717, 1.165) is 11.1 Å². The zero-order valence-electron chi connectivity index (χ0n) is 14.1. The number of Topliss-reactive ketones (excluding diaryl/α,β-unsaturated/α-hetero) is 2. The summed E-state index contributed by atoms with van der Waals surface area (Å²) in [4.78, 5) is 28.5. The Hall–Kier alpha value is -3.13. The third-order valence-corrected chi connectivity index (χ3v) is 3.85. The van der Waals surface area contributed by atoms with Gasteiger partial charge >= 0.3 is 0 Å². The maximum absolute atomic E-state index is 13.1. The van der Waals surface area contributed by atoms with Gasteiger partial charge in [0.15, 0.2) is 11.6 Å². The van der Waals surface area contributed by atoms with Crippen LogP contribution in [0.5, 0.6) is 0 Å². The van der Waals surface area contributed by atoms with Crippen LogP contribution in [0, 0.1) is 5.82 Å². The van der Waals surface area contributed by atoms with Gasteiger partial charge in [0, 0.05) is 25.1 Å². The van der Waals surface area contributed by atoms with Crippen LogP contribution in [0.4, 0.5) is 4.39 Å². The highest BCUT2D eigenvalue weighted by Crippen LogP contribution is 2.19. The monoisotopic (exact) mass is 356 g/mol. The summed E-state index contributed by atoms with van der Waals surface area (Å²) in [5.41, 5.74) is 2.03. The number of carbonyl (C=O) groups excluding carboxylic acids is 2. The van der Waals surface area contributed by atoms with Crippen LogP contribution in [0.1, 0.15) is 38.5 Å². The predicted octanol–water partition coefficient (Wildman–Crippen LogP) is 2.40. The molecular weight excluding hydrogens is 339 g/mol. The molecule has 1 N–H and O–H groups in total. The first-order chi connectivity index (χ1) is 12.6. The van der Waals surface area contributed by atoms with E-state index in [1.54, 1.807) is 36.2 Å². The highest BCUT2D eigenvalue weighted by molar-refractivity contribution is 6.12. The van der Waals surface area contributed by atoms with E-state index in [-0.39, 0.29) is 30.6 Å². The first-order valence-electron chi connectivity index (χ1n) is 7.90. The molecule has 0 aliphatic carbocycles. The van der Waals surface area contributed by atoms with Gasteiger partial charge < -0.3 is 9.30 Å². The fourth-order valence-corrected chi connectivity index (χ4v) is 2.66. The van der Waals surface area contributed by atoms with Crippen LogP contribution in [0.3, 0.4) is 0 Å². The predicted molar refractivity (Wildman–Crippen MR) is 90.3 cm³/mol. The Balaban J connectivity index is 1.83. The molecule has 0 aliphatic rings. The molecule has 1 aromatic carbocycles. The number of aromatic nitrogens is 4. The van der Waals surface area contributed by atoms with E-state index < -0.39 is 5.78 Å². The summed E-state index contributed by atoms with van der Waals surface area (Å²) >= 11 is 0. The van der Waals surface area contributed by atoms with Crippen molar-refractivity contribution in [2.24, 2.45) is 0 Å². The van der Waals surface area contributed by atoms with Gasteiger partial charge in [-0.1, -0.05) is 12.1 Å². The maximum Gasteiger partial charge on any atom is 0.207 e. The average Bonchev–Trinajstić information content (AvgIpc) is 3.27. The lowest BCUT2D eigenvalue weighted by atomic mass is 9.99. The third kappa shape index (κ3) is 4.09. The number of ether oxygens (including phenoxy) is 1. The number of ketones is 2. The van der Waals surface area contributed by atoms with Gasteiger partial charge in [0.2, 0.25) is 5.78 Å². The minimum absolute atomic E-state index is 0.0507. The second-order valence-corrected chi connectivity index (χ2v) is 5.79. The van der Waals surface area contributed by atoms with Crippen molar-refractivity contribution in [2.75, 3.05) is 7.11 Å². The Labute approximate surface area is 148 Å². The van der Waals surface area contributed by atoms with Gasteiger partial charge in [-0.05, 0) is 29.7 Å². The van der Waals surface area contributed by atoms with Crippen LogP contribution in [0.15, 0.2) is 43.0 Å². The van der Waals surface area contributed by atoms with Crippen LogP contribution in [-0.2, 0) is 17.9 Å². The summed E-state index contributed by atoms with van der Waals surface area (Å²) in [5.74, 6) is -1.02. The van der Waals surface area contributed by atoms with Crippen molar-refractivity contribution < 1.29 is 18.7 Å². The van der Waals surface area contributed by atoms with Crippen LogP contribution >= 0.6 is 0 Å². The van der Waals surface area contributed by atoms with Crippen LogP contribution in [0.2, 0.25) is 0 Å². The molecule has 0 aliphatic heterocycles. The van der Waals surface area contributed by atoms with Crippen molar-refractivity contribution >= 4 is 11.6 Å². The summed E-state index contributed by atoms with van der Waals surface area (Å²) in [7, 11) is 1.55. The Morgan fingerprint density at radius 2 is 1.96 bits per heavy atom. The maximum atomic E-state index is 13.1. The molecule has 3 aromatic rings. The van der Waals surface area contributed by atoms with Gasteiger partial charge in [-0.15, -0.1) is 0 Å². The molecule has 0 spiro atoms. The molecule has 7 nitrogen and oxygen atoms in total. The molecule has 3 rings (SSSR count). The molecule has 0 bridgehead atoms. The fourth-order valence-electron chi connectivity index (χ4n) is 2.66. The van der Waals surface area contributed by atoms with Gasteiger partial charge in [0.1, 0.15) is 18.9 Å².